The molecule has 0 saturated heterocycles. The van der Waals surface area contributed by atoms with Crippen molar-refractivity contribution in [2.75, 3.05) is 27.7 Å². The van der Waals surface area contributed by atoms with E-state index in [1.807, 2.05) is 32.7 Å². The van der Waals surface area contributed by atoms with Crippen LogP contribution in [0.2, 0.25) is 0 Å². The van der Waals surface area contributed by atoms with Crippen molar-refractivity contribution < 1.29 is 39.2 Å². The molecule has 228 valence electrons. The third-order valence-electron chi connectivity index (χ3n) is 7.91. The summed E-state index contributed by atoms with van der Waals surface area (Å²) >= 11 is 0. The number of benzene rings is 1. The number of phenolic OH excluding ortho intramolecular Hbond substituents is 1. The van der Waals surface area contributed by atoms with Gasteiger partial charge >= 0.3 is 0 Å². The van der Waals surface area contributed by atoms with Crippen molar-refractivity contribution >= 4 is 48.0 Å². The summed E-state index contributed by atoms with van der Waals surface area (Å²) in [5, 5.41) is 44.5. The van der Waals surface area contributed by atoms with Crippen LogP contribution in [0.4, 0.5) is 4.39 Å². The van der Waals surface area contributed by atoms with Crippen LogP contribution in [-0.4, -0.2) is 87.0 Å². The predicted octanol–water partition coefficient (Wildman–Crippen LogP) is 2.42. The number of fused-ring (bicyclic) bond motifs is 3. The molecule has 0 heterocycles. The van der Waals surface area contributed by atoms with E-state index in [9.17, 15) is 34.8 Å². The number of aliphatic hydroxyl groups is 3. The van der Waals surface area contributed by atoms with Crippen molar-refractivity contribution in [1.82, 2.24) is 9.80 Å². The molecule has 3 aliphatic carbocycles. The van der Waals surface area contributed by atoms with Gasteiger partial charge < -0.3 is 31.1 Å². The summed E-state index contributed by atoms with van der Waals surface area (Å²) in [5.41, 5.74) is 1.34. The van der Waals surface area contributed by atoms with E-state index in [2.05, 4.69) is 0 Å². The summed E-state index contributed by atoms with van der Waals surface area (Å²) < 4.78 is 15.9. The number of aliphatic hydroxyl groups excluding tert-OH is 2. The molecule has 1 aromatic rings. The van der Waals surface area contributed by atoms with Crippen LogP contribution < -0.4 is 5.73 Å². The van der Waals surface area contributed by atoms with Gasteiger partial charge in [-0.15, -0.1) is 24.8 Å². The largest absolute Gasteiger partial charge is 0.508 e. The van der Waals surface area contributed by atoms with Gasteiger partial charge in [0, 0.05) is 35.7 Å². The fourth-order valence-electron chi connectivity index (χ4n) is 6.62. The summed E-state index contributed by atoms with van der Waals surface area (Å²) in [6.07, 6.45) is -0.190. The number of ketones is 2. The molecule has 10 nitrogen and oxygen atoms in total. The van der Waals surface area contributed by atoms with Crippen molar-refractivity contribution in [3.63, 3.8) is 0 Å². The highest BCUT2D eigenvalue weighted by Gasteiger charge is 2.64. The number of hydrogen-bond donors (Lipinski definition) is 5. The average Bonchev–Trinajstić information content (AvgIpc) is 2.77. The molecule has 1 amide bonds. The number of primary amides is 1. The highest BCUT2D eigenvalue weighted by atomic mass is 35.5. The molecule has 3 aliphatic rings. The average molecular weight is 619 g/mol. The molecule has 0 aromatic heterocycles. The van der Waals surface area contributed by atoms with Gasteiger partial charge in [0.05, 0.1) is 11.6 Å². The molecule has 0 spiro atoms. The lowest BCUT2D eigenvalue weighted by molar-refractivity contribution is -0.153. The van der Waals surface area contributed by atoms with Gasteiger partial charge in [-0.25, -0.2) is 4.39 Å². The minimum absolute atomic E-state index is 0. The highest BCUT2D eigenvalue weighted by molar-refractivity contribution is 6.24. The lowest BCUT2D eigenvalue weighted by Crippen LogP contribution is -2.65. The number of halogens is 3. The van der Waals surface area contributed by atoms with E-state index in [1.165, 1.54) is 25.1 Å². The van der Waals surface area contributed by atoms with Crippen LogP contribution >= 0.6 is 24.8 Å². The van der Waals surface area contributed by atoms with E-state index in [4.69, 9.17) is 5.73 Å². The summed E-state index contributed by atoms with van der Waals surface area (Å²) in [6, 6.07) is 0.0113. The van der Waals surface area contributed by atoms with Gasteiger partial charge in [0.1, 0.15) is 28.7 Å². The zero-order valence-electron chi connectivity index (χ0n) is 23.8. The molecule has 0 aliphatic heterocycles. The van der Waals surface area contributed by atoms with Gasteiger partial charge in [0.25, 0.3) is 5.91 Å². The molecule has 4 atom stereocenters. The molecule has 0 unspecified atom stereocenters. The number of likely N-dealkylation sites (N-methyl/N-ethyl adjacent to an activating group) is 1. The molecule has 4 rings (SSSR count). The van der Waals surface area contributed by atoms with Crippen molar-refractivity contribution in [3.05, 3.63) is 45.5 Å². The number of nitrogens with zero attached hydrogens (tertiary/aromatic N) is 2. The molecule has 1 aromatic carbocycles. The summed E-state index contributed by atoms with van der Waals surface area (Å²) in [7, 11) is 4.87. The summed E-state index contributed by atoms with van der Waals surface area (Å²) in [6.45, 7) is 6.99. The second kappa shape index (κ2) is 11.5. The maximum atomic E-state index is 15.9. The Labute approximate surface area is 250 Å². The quantitative estimate of drug-likeness (QED) is 0.312. The van der Waals surface area contributed by atoms with Crippen LogP contribution in [0.25, 0.3) is 5.76 Å². The molecule has 13 heteroatoms. The molecular weight excluding hydrogens is 580 g/mol. The number of amides is 1. The third kappa shape index (κ3) is 5.46. The smallest absolute Gasteiger partial charge is 0.255 e. The van der Waals surface area contributed by atoms with Gasteiger partial charge in [-0.1, -0.05) is 20.8 Å². The second-order valence-corrected chi connectivity index (χ2v) is 12.4. The van der Waals surface area contributed by atoms with Crippen LogP contribution in [0.3, 0.4) is 0 Å². The lowest BCUT2D eigenvalue weighted by Gasteiger charge is -2.50. The number of Topliss-reactive ketones (excluding diaryl/α,β-unsaturated/α-hetero) is 2. The number of hydrogen-bond acceptors (Lipinski definition) is 9. The SMILES string of the molecule is CN(Cc1cc(O)c2c(c1F)C[C@H]1C[C@H]3[C@H](N(C)C)C(=O)C(C(N)=O)=C(O)[C@@]3(O)C(=O)C1=C2O)CC(C)(C)C.Cl.Cl. The Balaban J connectivity index is 0.00000294. The summed E-state index contributed by atoms with van der Waals surface area (Å²) in [5.74, 6) is -8.24. The van der Waals surface area contributed by atoms with Crippen molar-refractivity contribution in [2.45, 2.75) is 51.8 Å². The number of nitrogens with two attached hydrogens (primary N) is 1. The predicted molar refractivity (Wildman–Crippen MR) is 154 cm³/mol. The van der Waals surface area contributed by atoms with Crippen molar-refractivity contribution in [2.24, 2.45) is 23.0 Å². The normalized spacial score (nSPS) is 25.9. The maximum absolute atomic E-state index is 15.9. The Hall–Kier alpha value is -2.70. The molecule has 6 N–H and O–H groups in total. The van der Waals surface area contributed by atoms with Crippen LogP contribution in [0.1, 0.15) is 43.9 Å². The standard InChI is InChI=1S/C28H36FN3O7.2ClH/c1-27(2,3)11-32(6)10-13-9-16(33)18-14(20(13)29)7-12-8-15-21(31(4)5)23(35)19(26(30)38)25(37)28(15,39)24(36)17(12)22(18)34;;/h9,12,15,21,33-34,37,39H,7-8,10-11H2,1-6H3,(H2,30,38);2*1H/t12-,15-,21-,28-;;/m0../s1. The lowest BCUT2D eigenvalue weighted by atomic mass is 9.57. The molecule has 0 radical (unpaired) electrons. The van der Waals surface area contributed by atoms with Crippen molar-refractivity contribution in [1.29, 1.82) is 0 Å². The van der Waals surface area contributed by atoms with Crippen molar-refractivity contribution in [3.8, 4) is 5.75 Å². The first-order valence-electron chi connectivity index (χ1n) is 12.8. The van der Waals surface area contributed by atoms with Crippen LogP contribution in [0.15, 0.2) is 23.0 Å². The van der Waals surface area contributed by atoms with E-state index < -0.39 is 69.6 Å². The number of carbonyl (C=O) groups excluding carboxylic acids is 3. The van der Waals surface area contributed by atoms with Crippen LogP contribution in [0.5, 0.6) is 5.75 Å². The van der Waals surface area contributed by atoms with Gasteiger partial charge in [0.2, 0.25) is 5.78 Å². The fraction of sp³-hybridized carbons (Fsp3) is 0.536. The maximum Gasteiger partial charge on any atom is 0.255 e. The van der Waals surface area contributed by atoms with Crippen LogP contribution in [-0.2, 0) is 27.3 Å². The Morgan fingerprint density at radius 2 is 1.73 bits per heavy atom. The van der Waals surface area contributed by atoms with Gasteiger partial charge in [0.15, 0.2) is 11.4 Å². The minimum Gasteiger partial charge on any atom is -0.508 e. The number of phenols is 1. The summed E-state index contributed by atoms with van der Waals surface area (Å²) in [4.78, 5) is 42.3. The molecule has 0 bridgehead atoms. The zero-order chi connectivity index (χ0) is 29.4. The first kappa shape index (κ1) is 34.5. The van der Waals surface area contributed by atoms with E-state index >= 15 is 4.39 Å². The van der Waals surface area contributed by atoms with E-state index in [1.54, 1.807) is 0 Å². The second-order valence-electron chi connectivity index (χ2n) is 12.4. The Bertz CT molecular complexity index is 1350. The van der Waals surface area contributed by atoms with Gasteiger partial charge in [-0.05, 0) is 51.4 Å². The first-order valence-corrected chi connectivity index (χ1v) is 12.8. The fourth-order valence-corrected chi connectivity index (χ4v) is 6.62. The Morgan fingerprint density at radius 1 is 1.15 bits per heavy atom. The Kier molecular flexibility index (Phi) is 9.70. The molecule has 1 fully saturated rings. The number of aromatic hydroxyl groups is 1. The van der Waals surface area contributed by atoms with E-state index in [0.29, 0.717) is 6.54 Å². The minimum atomic E-state index is -2.73. The van der Waals surface area contributed by atoms with E-state index in [0.717, 1.165) is 0 Å². The van der Waals surface area contributed by atoms with Crippen LogP contribution in [0, 0.1) is 23.1 Å². The Morgan fingerprint density at radius 3 is 2.24 bits per heavy atom. The van der Waals surface area contributed by atoms with Gasteiger partial charge in [-0.3, -0.25) is 19.3 Å². The number of rotatable bonds is 5. The molecule has 1 saturated carbocycles. The topological polar surface area (TPSA) is 165 Å². The molecule has 41 heavy (non-hydrogen) atoms. The highest BCUT2D eigenvalue weighted by Crippen LogP contribution is 2.53. The monoisotopic (exact) mass is 617 g/mol. The molecular formula is C28H38Cl2FN3O7. The third-order valence-corrected chi connectivity index (χ3v) is 7.91. The first-order chi connectivity index (χ1) is 17.9. The van der Waals surface area contributed by atoms with E-state index in [-0.39, 0.29) is 71.9 Å². The van der Waals surface area contributed by atoms with Gasteiger partial charge in [-0.2, -0.15) is 0 Å². The zero-order valence-corrected chi connectivity index (χ0v) is 25.5. The number of carbonyl (C=O) groups is 3.